The molecule has 0 bridgehead atoms. The third kappa shape index (κ3) is 10.8. The first kappa shape index (κ1) is 38.9. The maximum atomic E-state index is 13.9. The third-order valence-electron chi connectivity index (χ3n) is 8.85. The molecule has 6 nitrogen and oxygen atoms in total. The minimum absolute atomic E-state index is 0.0136. The Morgan fingerprint density at radius 3 is 2.12 bits per heavy atom. The third-order valence-corrected chi connectivity index (χ3v) is 11.4. The van der Waals surface area contributed by atoms with Gasteiger partial charge >= 0.3 is 10.1 Å². The number of Topliss-reactive ketones (excluding diaryl/α,β-unsaturated/α-hetero) is 1. The highest BCUT2D eigenvalue weighted by atomic mass is 32.2. The monoisotopic (exact) mass is 736 g/mol. The largest absolute Gasteiger partial charge is 0.494 e. The van der Waals surface area contributed by atoms with Gasteiger partial charge in [-0.25, -0.2) is 0 Å². The van der Waals surface area contributed by atoms with Gasteiger partial charge in [-0.2, -0.15) is 8.42 Å². The molecule has 5 aromatic carbocycles. The number of aliphatic hydroxyl groups excluding tert-OH is 1. The molecule has 0 spiro atoms. The van der Waals surface area contributed by atoms with E-state index in [1.165, 1.54) is 31.0 Å². The number of hydrogen-bond acceptors (Lipinski definition) is 7. The first-order valence-electron chi connectivity index (χ1n) is 18.2. The number of rotatable bonds is 20. The first-order valence-corrected chi connectivity index (χ1v) is 20.5. The molecular formula is C44H48O6S2. The van der Waals surface area contributed by atoms with E-state index in [4.69, 9.17) is 8.92 Å². The van der Waals surface area contributed by atoms with Crippen LogP contribution in [0.1, 0.15) is 99.2 Å². The number of para-hydroxylation sites is 1. The number of carbonyl (C=O) groups is 1. The molecule has 0 aliphatic carbocycles. The number of benzene rings is 5. The molecule has 0 aromatic heterocycles. The lowest BCUT2D eigenvalue weighted by atomic mass is 9.92. The standard InChI is InChI=1S/C44H48O6S2/c1-3-5-7-8-9-13-20-41(45)33-21-23-34(24-22-33)44(46)40-19-15-14-18-39(40)35-25-30-42(51-38-28-26-36(27-29-38)49-31-6-4-2)43(32-35)52(47,48)50-37-16-11-10-12-17-37/h10-12,14-19,21-30,32,44,46H,3-9,13,20,31H2,1-2H3. The minimum Gasteiger partial charge on any atom is -0.494 e. The van der Waals surface area contributed by atoms with Gasteiger partial charge in [-0.05, 0) is 83.6 Å². The number of hydrogen-bond donors (Lipinski definition) is 1. The van der Waals surface area contributed by atoms with E-state index < -0.39 is 16.2 Å². The molecule has 1 N–H and O–H groups in total. The highest BCUT2D eigenvalue weighted by Gasteiger charge is 2.24. The van der Waals surface area contributed by atoms with Crippen LogP contribution >= 0.6 is 11.8 Å². The average Bonchev–Trinajstić information content (AvgIpc) is 3.17. The van der Waals surface area contributed by atoms with Crippen LogP contribution in [0, 0.1) is 0 Å². The Balaban J connectivity index is 1.40. The Morgan fingerprint density at radius 1 is 0.712 bits per heavy atom. The van der Waals surface area contributed by atoms with Crippen molar-refractivity contribution in [3.05, 3.63) is 138 Å². The van der Waals surface area contributed by atoms with Crippen molar-refractivity contribution in [2.75, 3.05) is 6.61 Å². The molecule has 0 amide bonds. The van der Waals surface area contributed by atoms with Crippen molar-refractivity contribution in [3.8, 4) is 22.6 Å². The predicted octanol–water partition coefficient (Wildman–Crippen LogP) is 11.5. The zero-order valence-electron chi connectivity index (χ0n) is 30.0. The Bertz CT molecular complexity index is 1970. The van der Waals surface area contributed by atoms with Crippen LogP contribution in [0.3, 0.4) is 0 Å². The van der Waals surface area contributed by atoms with Crippen LogP contribution in [0.5, 0.6) is 11.5 Å². The lowest BCUT2D eigenvalue weighted by Gasteiger charge is -2.18. The van der Waals surface area contributed by atoms with Crippen molar-refractivity contribution in [1.29, 1.82) is 0 Å². The highest BCUT2D eigenvalue weighted by molar-refractivity contribution is 8.00. The molecule has 0 heterocycles. The molecule has 8 heteroatoms. The Hall–Kier alpha value is -4.37. The van der Waals surface area contributed by atoms with Gasteiger partial charge in [-0.3, -0.25) is 4.79 Å². The van der Waals surface area contributed by atoms with Gasteiger partial charge in [0.25, 0.3) is 0 Å². The molecule has 0 fully saturated rings. The zero-order chi connectivity index (χ0) is 36.8. The van der Waals surface area contributed by atoms with Crippen LogP contribution in [-0.2, 0) is 10.1 Å². The van der Waals surface area contributed by atoms with Crippen LogP contribution < -0.4 is 8.92 Å². The van der Waals surface area contributed by atoms with Crippen molar-refractivity contribution in [2.24, 2.45) is 0 Å². The van der Waals surface area contributed by atoms with Gasteiger partial charge in [0.05, 0.1) is 6.61 Å². The molecular weight excluding hydrogens is 689 g/mol. The van der Waals surface area contributed by atoms with E-state index in [2.05, 4.69) is 13.8 Å². The van der Waals surface area contributed by atoms with Crippen LogP contribution in [0.25, 0.3) is 11.1 Å². The van der Waals surface area contributed by atoms with E-state index in [0.29, 0.717) is 45.7 Å². The van der Waals surface area contributed by atoms with E-state index in [-0.39, 0.29) is 16.4 Å². The van der Waals surface area contributed by atoms with Gasteiger partial charge in [-0.1, -0.05) is 137 Å². The molecule has 272 valence electrons. The summed E-state index contributed by atoms with van der Waals surface area (Å²) in [6.45, 7) is 4.95. The quantitative estimate of drug-likeness (QED) is 0.0483. The fourth-order valence-corrected chi connectivity index (χ4v) is 8.20. The Kier molecular flexibility index (Phi) is 14.5. The number of carbonyl (C=O) groups excluding carboxylic acids is 1. The van der Waals surface area contributed by atoms with Gasteiger partial charge in [-0.15, -0.1) is 0 Å². The fourth-order valence-electron chi connectivity index (χ4n) is 5.91. The molecule has 52 heavy (non-hydrogen) atoms. The number of ketones is 1. The summed E-state index contributed by atoms with van der Waals surface area (Å²) >= 11 is 1.32. The van der Waals surface area contributed by atoms with Crippen molar-refractivity contribution in [1.82, 2.24) is 0 Å². The van der Waals surface area contributed by atoms with E-state index in [1.807, 2.05) is 54.6 Å². The van der Waals surface area contributed by atoms with Gasteiger partial charge < -0.3 is 14.0 Å². The maximum Gasteiger partial charge on any atom is 0.340 e. The summed E-state index contributed by atoms with van der Waals surface area (Å²) in [7, 11) is -4.27. The van der Waals surface area contributed by atoms with Crippen molar-refractivity contribution in [3.63, 3.8) is 0 Å². The topological polar surface area (TPSA) is 89.9 Å². The number of aliphatic hydroxyl groups is 1. The second kappa shape index (κ2) is 19.5. The van der Waals surface area contributed by atoms with Crippen LogP contribution in [0.2, 0.25) is 0 Å². The minimum atomic E-state index is -4.27. The molecule has 0 saturated carbocycles. The van der Waals surface area contributed by atoms with Crippen LogP contribution in [0.4, 0.5) is 0 Å². The second-order valence-electron chi connectivity index (χ2n) is 12.8. The summed E-state index contributed by atoms with van der Waals surface area (Å²) in [6.07, 6.45) is 8.27. The van der Waals surface area contributed by atoms with Crippen LogP contribution in [0.15, 0.2) is 136 Å². The first-order chi connectivity index (χ1) is 25.3. The molecule has 0 saturated heterocycles. The summed E-state index contributed by atoms with van der Waals surface area (Å²) in [5.41, 5.74) is 3.18. The van der Waals surface area contributed by atoms with Gasteiger partial charge in [0, 0.05) is 21.8 Å². The Labute approximate surface area is 313 Å². The van der Waals surface area contributed by atoms with Crippen molar-refractivity contribution >= 4 is 27.7 Å². The second-order valence-corrected chi connectivity index (χ2v) is 15.5. The highest BCUT2D eigenvalue weighted by Crippen LogP contribution is 2.39. The predicted molar refractivity (Wildman–Crippen MR) is 210 cm³/mol. The van der Waals surface area contributed by atoms with E-state index in [9.17, 15) is 18.3 Å². The summed E-state index contributed by atoms with van der Waals surface area (Å²) in [5.74, 6) is 1.08. The van der Waals surface area contributed by atoms with Gasteiger partial charge in [0.15, 0.2) is 5.78 Å². The molecule has 0 radical (unpaired) electrons. The lowest BCUT2D eigenvalue weighted by molar-refractivity contribution is 0.0979. The summed E-state index contributed by atoms with van der Waals surface area (Å²) in [6, 6.07) is 35.8. The summed E-state index contributed by atoms with van der Waals surface area (Å²) in [5, 5.41) is 11.6. The maximum absolute atomic E-state index is 13.9. The number of ether oxygens (including phenoxy) is 1. The normalized spacial score (nSPS) is 12.0. The van der Waals surface area contributed by atoms with E-state index in [0.717, 1.165) is 42.7 Å². The lowest BCUT2D eigenvalue weighted by Crippen LogP contribution is -2.11. The average molecular weight is 737 g/mol. The number of unbranched alkanes of at least 4 members (excludes halogenated alkanes) is 6. The molecule has 1 atom stereocenters. The van der Waals surface area contributed by atoms with Crippen LogP contribution in [-0.4, -0.2) is 25.9 Å². The van der Waals surface area contributed by atoms with Crippen molar-refractivity contribution in [2.45, 2.75) is 92.4 Å². The van der Waals surface area contributed by atoms with E-state index >= 15 is 0 Å². The summed E-state index contributed by atoms with van der Waals surface area (Å²) < 4.78 is 39.3. The van der Waals surface area contributed by atoms with Crippen molar-refractivity contribution < 1.29 is 27.2 Å². The molecule has 0 aliphatic rings. The summed E-state index contributed by atoms with van der Waals surface area (Å²) in [4.78, 5) is 14.2. The van der Waals surface area contributed by atoms with Gasteiger partial charge in [0.2, 0.25) is 0 Å². The molecule has 5 aromatic rings. The SMILES string of the molecule is CCCCCCCCC(=O)c1ccc(C(O)c2ccccc2-c2ccc(Sc3ccc(OCCCC)cc3)c(S(=O)(=O)Oc3ccccc3)c2)cc1. The molecule has 1 unspecified atom stereocenters. The fraction of sp³-hybridized carbons (Fsp3) is 0.295. The molecule has 0 aliphatic heterocycles. The smallest absolute Gasteiger partial charge is 0.340 e. The Morgan fingerprint density at radius 2 is 1.38 bits per heavy atom. The zero-order valence-corrected chi connectivity index (χ0v) is 31.6. The van der Waals surface area contributed by atoms with Gasteiger partial charge in [0.1, 0.15) is 22.5 Å². The molecule has 5 rings (SSSR count). The van der Waals surface area contributed by atoms with E-state index in [1.54, 1.807) is 66.7 Å².